The van der Waals surface area contributed by atoms with Crippen molar-refractivity contribution in [3.05, 3.63) is 122 Å². The Morgan fingerprint density at radius 3 is 2.33 bits per heavy atom. The van der Waals surface area contributed by atoms with Gasteiger partial charge in [-0.05, 0) is 68.0 Å². The standard InChI is InChI=1S/C33H34N4O4.BrH/c1-5-6-14-29-28(31(38)37(21(2)34-29)25-11-9-10-24(20-25)33(3,4)40)19-22-15-17-23(18-16-22)26-12-7-8-13-27(26)30-35-32(39)41-36-30;/h7-13,15-18,20,40H,5-6,14,19H2,1-4H3,(H,35,36,39);1H. The first kappa shape index (κ1) is 30.9. The van der Waals surface area contributed by atoms with Gasteiger partial charge in [0.25, 0.3) is 5.56 Å². The SMILES string of the molecule is Br.CCCCc1nc(C)n(-c2cccc(C(C)(C)O)c2)c(=O)c1Cc1ccc(-c2ccccc2-c2noc(=O)[nH]2)cc1. The van der Waals surface area contributed by atoms with Crippen molar-refractivity contribution >= 4 is 17.0 Å². The molecule has 0 radical (unpaired) electrons. The first-order valence-corrected chi connectivity index (χ1v) is 13.8. The molecule has 0 amide bonds. The summed E-state index contributed by atoms with van der Waals surface area (Å²) in [7, 11) is 0. The van der Waals surface area contributed by atoms with Crippen LogP contribution in [0.15, 0.2) is 86.9 Å². The number of rotatable bonds is 9. The van der Waals surface area contributed by atoms with Crippen LogP contribution in [0.2, 0.25) is 0 Å². The van der Waals surface area contributed by atoms with Gasteiger partial charge < -0.3 is 5.11 Å². The highest BCUT2D eigenvalue weighted by Crippen LogP contribution is 2.30. The Balaban J connectivity index is 0.00000405. The Bertz CT molecular complexity index is 1800. The highest BCUT2D eigenvalue weighted by Gasteiger charge is 2.20. The van der Waals surface area contributed by atoms with Crippen molar-refractivity contribution < 1.29 is 9.63 Å². The molecule has 0 aliphatic heterocycles. The zero-order chi connectivity index (χ0) is 29.1. The molecule has 5 aromatic rings. The summed E-state index contributed by atoms with van der Waals surface area (Å²) >= 11 is 0. The number of nitrogens with zero attached hydrogens (tertiary/aromatic N) is 3. The number of halogens is 1. The molecule has 9 heteroatoms. The number of hydrogen-bond donors (Lipinski definition) is 2. The molecule has 2 heterocycles. The van der Waals surface area contributed by atoms with E-state index in [2.05, 4.69) is 17.1 Å². The molecule has 0 aliphatic carbocycles. The number of aliphatic hydroxyl groups is 1. The van der Waals surface area contributed by atoms with Crippen LogP contribution < -0.4 is 11.3 Å². The Labute approximate surface area is 254 Å². The molecule has 0 saturated heterocycles. The third-order valence-electron chi connectivity index (χ3n) is 7.28. The van der Waals surface area contributed by atoms with Crippen molar-refractivity contribution in [2.24, 2.45) is 0 Å². The van der Waals surface area contributed by atoms with Gasteiger partial charge in [-0.15, -0.1) is 17.0 Å². The number of H-pyrrole nitrogens is 1. The van der Waals surface area contributed by atoms with E-state index in [-0.39, 0.29) is 22.5 Å². The number of benzene rings is 3. The van der Waals surface area contributed by atoms with E-state index in [0.29, 0.717) is 29.3 Å². The number of aromatic nitrogens is 4. The van der Waals surface area contributed by atoms with Crippen molar-refractivity contribution in [2.75, 3.05) is 0 Å². The van der Waals surface area contributed by atoms with Crippen molar-refractivity contribution in [1.29, 1.82) is 0 Å². The van der Waals surface area contributed by atoms with Crippen LogP contribution in [-0.4, -0.2) is 24.8 Å². The maximum atomic E-state index is 14.0. The monoisotopic (exact) mass is 630 g/mol. The average molecular weight is 632 g/mol. The normalized spacial score (nSPS) is 11.4. The van der Waals surface area contributed by atoms with Crippen LogP contribution in [0.3, 0.4) is 0 Å². The molecular formula is C33H35BrN4O4. The summed E-state index contributed by atoms with van der Waals surface area (Å²) in [4.78, 5) is 33.1. The molecule has 5 rings (SSSR count). The molecule has 2 N–H and O–H groups in total. The van der Waals surface area contributed by atoms with Crippen LogP contribution in [0.5, 0.6) is 0 Å². The largest absolute Gasteiger partial charge is 0.439 e. The molecule has 42 heavy (non-hydrogen) atoms. The summed E-state index contributed by atoms with van der Waals surface area (Å²) in [5.41, 5.74) is 5.37. The van der Waals surface area contributed by atoms with Crippen molar-refractivity contribution in [2.45, 2.75) is 59.0 Å². The van der Waals surface area contributed by atoms with Crippen LogP contribution >= 0.6 is 17.0 Å². The predicted molar refractivity (Wildman–Crippen MR) is 170 cm³/mol. The van der Waals surface area contributed by atoms with Gasteiger partial charge in [0, 0.05) is 17.5 Å². The number of unbranched alkanes of at least 4 members (excludes halogenated alkanes) is 1. The Hall–Kier alpha value is -4.08. The first-order valence-electron chi connectivity index (χ1n) is 13.8. The molecule has 0 bridgehead atoms. The maximum Gasteiger partial charge on any atom is 0.439 e. The van der Waals surface area contributed by atoms with Gasteiger partial charge in [-0.1, -0.05) is 79.2 Å². The molecule has 3 aromatic carbocycles. The second kappa shape index (κ2) is 12.8. The van der Waals surface area contributed by atoms with Crippen molar-refractivity contribution in [3.63, 3.8) is 0 Å². The van der Waals surface area contributed by atoms with Gasteiger partial charge in [-0.2, -0.15) is 0 Å². The summed E-state index contributed by atoms with van der Waals surface area (Å²) < 4.78 is 6.35. The molecule has 0 aliphatic rings. The number of hydrogen-bond acceptors (Lipinski definition) is 6. The molecule has 2 aromatic heterocycles. The average Bonchev–Trinajstić information content (AvgIpc) is 3.40. The minimum absolute atomic E-state index is 0. The molecule has 0 unspecified atom stereocenters. The molecule has 218 valence electrons. The fraction of sp³-hybridized carbons (Fsp3) is 0.273. The lowest BCUT2D eigenvalue weighted by Crippen LogP contribution is -2.28. The van der Waals surface area contributed by atoms with E-state index in [0.717, 1.165) is 52.8 Å². The second-order valence-corrected chi connectivity index (χ2v) is 10.8. The van der Waals surface area contributed by atoms with Crippen LogP contribution in [0, 0.1) is 6.92 Å². The van der Waals surface area contributed by atoms with Gasteiger partial charge >= 0.3 is 5.76 Å². The summed E-state index contributed by atoms with van der Waals surface area (Å²) in [6, 6.07) is 23.1. The Kier molecular flexibility index (Phi) is 9.43. The third-order valence-corrected chi connectivity index (χ3v) is 7.28. The van der Waals surface area contributed by atoms with E-state index < -0.39 is 11.4 Å². The van der Waals surface area contributed by atoms with E-state index in [1.807, 2.05) is 79.7 Å². The minimum atomic E-state index is -1.03. The molecule has 0 spiro atoms. The van der Waals surface area contributed by atoms with Crippen LogP contribution in [0.4, 0.5) is 0 Å². The molecule has 0 atom stereocenters. The van der Waals surface area contributed by atoms with Gasteiger partial charge in [0.2, 0.25) is 0 Å². The summed E-state index contributed by atoms with van der Waals surface area (Å²) in [5.74, 6) is 0.388. The smallest absolute Gasteiger partial charge is 0.386 e. The van der Waals surface area contributed by atoms with E-state index >= 15 is 0 Å². The summed E-state index contributed by atoms with van der Waals surface area (Å²) in [6.07, 6.45) is 3.11. The number of nitrogens with one attached hydrogen (secondary N) is 1. The van der Waals surface area contributed by atoms with Gasteiger partial charge in [-0.25, -0.2) is 9.78 Å². The van der Waals surface area contributed by atoms with Gasteiger partial charge in [0.05, 0.1) is 17.0 Å². The molecule has 0 saturated carbocycles. The second-order valence-electron chi connectivity index (χ2n) is 10.8. The van der Waals surface area contributed by atoms with Gasteiger partial charge in [-0.3, -0.25) is 18.9 Å². The zero-order valence-corrected chi connectivity index (χ0v) is 25.9. The van der Waals surface area contributed by atoms with Crippen molar-refractivity contribution in [3.8, 4) is 28.2 Å². The van der Waals surface area contributed by atoms with Crippen LogP contribution in [0.25, 0.3) is 28.2 Å². The fourth-order valence-electron chi connectivity index (χ4n) is 5.07. The zero-order valence-electron chi connectivity index (χ0n) is 24.2. The first-order chi connectivity index (χ1) is 19.7. The highest BCUT2D eigenvalue weighted by molar-refractivity contribution is 8.93. The third kappa shape index (κ3) is 6.53. The summed E-state index contributed by atoms with van der Waals surface area (Å²) in [6.45, 7) is 7.44. The Morgan fingerprint density at radius 1 is 0.976 bits per heavy atom. The van der Waals surface area contributed by atoms with Gasteiger partial charge in [0.15, 0.2) is 5.82 Å². The number of aryl methyl sites for hydroxylation is 2. The maximum absolute atomic E-state index is 14.0. The molecule has 8 nitrogen and oxygen atoms in total. The topological polar surface area (TPSA) is 114 Å². The van der Waals surface area contributed by atoms with E-state index in [1.54, 1.807) is 18.4 Å². The molecular weight excluding hydrogens is 596 g/mol. The van der Waals surface area contributed by atoms with E-state index in [1.165, 1.54) is 0 Å². The van der Waals surface area contributed by atoms with E-state index in [9.17, 15) is 14.7 Å². The lowest BCUT2D eigenvalue weighted by atomic mass is 9.96. The lowest BCUT2D eigenvalue weighted by Gasteiger charge is -2.20. The minimum Gasteiger partial charge on any atom is -0.386 e. The van der Waals surface area contributed by atoms with Crippen molar-refractivity contribution in [1.82, 2.24) is 19.7 Å². The van der Waals surface area contributed by atoms with E-state index in [4.69, 9.17) is 9.51 Å². The predicted octanol–water partition coefficient (Wildman–Crippen LogP) is 6.29. The Morgan fingerprint density at radius 2 is 1.69 bits per heavy atom. The fourth-order valence-corrected chi connectivity index (χ4v) is 5.07. The quantitative estimate of drug-likeness (QED) is 0.198. The summed E-state index contributed by atoms with van der Waals surface area (Å²) in [5, 5.41) is 14.4. The molecule has 0 fully saturated rings. The van der Waals surface area contributed by atoms with Crippen LogP contribution in [-0.2, 0) is 18.4 Å². The van der Waals surface area contributed by atoms with Gasteiger partial charge in [0.1, 0.15) is 5.82 Å². The number of aromatic amines is 1. The lowest BCUT2D eigenvalue weighted by molar-refractivity contribution is 0.0786. The van der Waals surface area contributed by atoms with Crippen LogP contribution in [0.1, 0.15) is 61.8 Å². The highest BCUT2D eigenvalue weighted by atomic mass is 79.9.